The molecule has 8 nitrogen and oxygen atoms in total. The van der Waals surface area contributed by atoms with E-state index in [4.69, 9.17) is 5.11 Å². The molecule has 130 valence electrons. The molecule has 2 amide bonds. The van der Waals surface area contributed by atoms with Crippen LogP contribution in [0.5, 0.6) is 0 Å². The van der Waals surface area contributed by atoms with Gasteiger partial charge >= 0.3 is 6.09 Å². The third-order valence-electron chi connectivity index (χ3n) is 3.41. The zero-order valence-corrected chi connectivity index (χ0v) is 13.8. The molecule has 0 saturated heterocycles. The number of aromatic amines is 1. The van der Waals surface area contributed by atoms with Crippen LogP contribution in [0.25, 0.3) is 0 Å². The van der Waals surface area contributed by atoms with Gasteiger partial charge in [0.2, 0.25) is 0 Å². The lowest BCUT2D eigenvalue weighted by Gasteiger charge is -2.23. The van der Waals surface area contributed by atoms with Crippen LogP contribution in [0.15, 0.2) is 12.3 Å². The Bertz CT molecular complexity index is 496. The Hall–Kier alpha value is -2.09. The third kappa shape index (κ3) is 7.64. The number of aliphatic hydroxyl groups is 1. The molecule has 23 heavy (non-hydrogen) atoms. The Balaban J connectivity index is 2.54. The molecule has 0 aliphatic heterocycles. The lowest BCUT2D eigenvalue weighted by molar-refractivity contribution is -0.125. The van der Waals surface area contributed by atoms with Gasteiger partial charge in [0.25, 0.3) is 5.91 Å². The van der Waals surface area contributed by atoms with Crippen LogP contribution in [-0.4, -0.2) is 44.6 Å². The lowest BCUT2D eigenvalue weighted by Crippen LogP contribution is -2.48. The minimum Gasteiger partial charge on any atom is -0.465 e. The molecule has 0 aliphatic rings. The van der Waals surface area contributed by atoms with Crippen molar-refractivity contribution >= 4 is 17.8 Å². The highest BCUT2D eigenvalue weighted by Gasteiger charge is 2.27. The molecule has 0 aromatic carbocycles. The highest BCUT2D eigenvalue weighted by atomic mass is 16.4. The van der Waals surface area contributed by atoms with Crippen LogP contribution >= 0.6 is 0 Å². The molecule has 2 atom stereocenters. The van der Waals surface area contributed by atoms with E-state index in [-0.39, 0.29) is 5.41 Å². The summed E-state index contributed by atoms with van der Waals surface area (Å²) in [6.45, 7) is 6.39. The summed E-state index contributed by atoms with van der Waals surface area (Å²) in [5.41, 5.74) is 0.201. The number of unbranched alkanes of at least 4 members (excludes halogenated alkanes) is 1. The SMILES string of the molecule is CC(C)(C)CCCC[C@H](NC(=O)O)[C@H](O)C(=O)Nc1ccn[nH]1. The number of aromatic nitrogens is 2. The number of anilines is 1. The van der Waals surface area contributed by atoms with Crippen molar-refractivity contribution < 1.29 is 19.8 Å². The first-order valence-corrected chi connectivity index (χ1v) is 7.67. The van der Waals surface area contributed by atoms with E-state index >= 15 is 0 Å². The number of rotatable bonds is 8. The predicted octanol–water partition coefficient (Wildman–Crippen LogP) is 1.95. The molecule has 0 spiro atoms. The van der Waals surface area contributed by atoms with E-state index < -0.39 is 24.1 Å². The fourth-order valence-electron chi connectivity index (χ4n) is 2.20. The summed E-state index contributed by atoms with van der Waals surface area (Å²) in [4.78, 5) is 22.9. The van der Waals surface area contributed by atoms with E-state index in [1.165, 1.54) is 12.3 Å². The van der Waals surface area contributed by atoms with Crippen molar-refractivity contribution in [3.63, 3.8) is 0 Å². The van der Waals surface area contributed by atoms with Crippen LogP contribution in [0.2, 0.25) is 0 Å². The zero-order valence-electron chi connectivity index (χ0n) is 13.8. The fourth-order valence-corrected chi connectivity index (χ4v) is 2.20. The van der Waals surface area contributed by atoms with Gasteiger partial charge in [0.15, 0.2) is 6.10 Å². The van der Waals surface area contributed by atoms with E-state index in [9.17, 15) is 14.7 Å². The van der Waals surface area contributed by atoms with Gasteiger partial charge in [0, 0.05) is 6.07 Å². The van der Waals surface area contributed by atoms with Gasteiger partial charge in [0.1, 0.15) is 5.82 Å². The maximum absolute atomic E-state index is 12.0. The van der Waals surface area contributed by atoms with Gasteiger partial charge in [-0.1, -0.05) is 33.6 Å². The van der Waals surface area contributed by atoms with Crippen molar-refractivity contribution in [1.82, 2.24) is 15.5 Å². The number of carbonyl (C=O) groups is 2. The first kappa shape index (κ1) is 19.0. The smallest absolute Gasteiger partial charge is 0.404 e. The summed E-state index contributed by atoms with van der Waals surface area (Å²) in [5, 5.41) is 29.9. The van der Waals surface area contributed by atoms with Gasteiger partial charge in [-0.05, 0) is 18.3 Å². The topological polar surface area (TPSA) is 127 Å². The first-order chi connectivity index (χ1) is 10.7. The van der Waals surface area contributed by atoms with Crippen LogP contribution in [0.3, 0.4) is 0 Å². The first-order valence-electron chi connectivity index (χ1n) is 7.67. The summed E-state index contributed by atoms with van der Waals surface area (Å²) in [5.74, 6) is -0.334. The number of H-pyrrole nitrogens is 1. The Labute approximate surface area is 135 Å². The van der Waals surface area contributed by atoms with Crippen molar-refractivity contribution in [2.45, 2.75) is 58.6 Å². The van der Waals surface area contributed by atoms with Crippen molar-refractivity contribution in [2.24, 2.45) is 5.41 Å². The summed E-state index contributed by atoms with van der Waals surface area (Å²) < 4.78 is 0. The van der Waals surface area contributed by atoms with Crippen molar-refractivity contribution in [3.8, 4) is 0 Å². The molecule has 0 radical (unpaired) electrons. The minimum atomic E-state index is -1.47. The highest BCUT2D eigenvalue weighted by molar-refractivity contribution is 5.93. The Morgan fingerprint density at radius 2 is 2.04 bits per heavy atom. The number of amides is 2. The normalized spacial score (nSPS) is 14.1. The number of aliphatic hydroxyl groups excluding tert-OH is 1. The molecule has 0 bridgehead atoms. The van der Waals surface area contributed by atoms with Crippen LogP contribution in [-0.2, 0) is 4.79 Å². The molecule has 5 N–H and O–H groups in total. The molecular formula is C15H26N4O4. The highest BCUT2D eigenvalue weighted by Crippen LogP contribution is 2.22. The molecule has 1 aromatic heterocycles. The summed E-state index contributed by atoms with van der Waals surface area (Å²) in [7, 11) is 0. The summed E-state index contributed by atoms with van der Waals surface area (Å²) in [6.07, 6.45) is 1.72. The second kappa shape index (κ2) is 8.52. The molecule has 0 unspecified atom stereocenters. The van der Waals surface area contributed by atoms with Crippen molar-refractivity contribution in [3.05, 3.63) is 12.3 Å². The second-order valence-corrected chi connectivity index (χ2v) is 6.77. The predicted molar refractivity (Wildman–Crippen MR) is 86.1 cm³/mol. The van der Waals surface area contributed by atoms with Crippen LogP contribution in [0, 0.1) is 5.41 Å². The number of carboxylic acid groups (broad SMARTS) is 1. The van der Waals surface area contributed by atoms with Gasteiger partial charge in [-0.25, -0.2) is 4.79 Å². The van der Waals surface area contributed by atoms with E-state index in [2.05, 4.69) is 41.6 Å². The standard InChI is InChI=1S/C15H26N4O4/c1-15(2,3)8-5-4-6-10(17-14(22)23)12(20)13(21)18-11-7-9-16-19-11/h7,9-10,12,17,20H,4-6,8H2,1-3H3,(H,22,23)(H2,16,18,19,21)/t10-,12-/m0/s1. The molecule has 1 aromatic rings. The average molecular weight is 326 g/mol. The minimum absolute atomic E-state index is 0.201. The molecular weight excluding hydrogens is 300 g/mol. The quantitative estimate of drug-likeness (QED) is 0.467. The molecule has 0 saturated carbocycles. The van der Waals surface area contributed by atoms with E-state index in [0.29, 0.717) is 12.2 Å². The Morgan fingerprint density at radius 1 is 1.35 bits per heavy atom. The van der Waals surface area contributed by atoms with E-state index in [1.54, 1.807) is 0 Å². The number of hydrogen-bond donors (Lipinski definition) is 5. The molecule has 8 heteroatoms. The molecule has 0 aliphatic carbocycles. The maximum atomic E-state index is 12.0. The van der Waals surface area contributed by atoms with Crippen molar-refractivity contribution in [1.29, 1.82) is 0 Å². The largest absolute Gasteiger partial charge is 0.465 e. The third-order valence-corrected chi connectivity index (χ3v) is 3.41. The molecule has 1 rings (SSSR count). The fraction of sp³-hybridized carbons (Fsp3) is 0.667. The lowest BCUT2D eigenvalue weighted by atomic mass is 9.89. The van der Waals surface area contributed by atoms with Crippen molar-refractivity contribution in [2.75, 3.05) is 5.32 Å². The molecule has 1 heterocycles. The summed E-state index contributed by atoms with van der Waals surface area (Å²) >= 11 is 0. The molecule has 0 fully saturated rings. The number of nitrogens with one attached hydrogen (secondary N) is 3. The van der Waals surface area contributed by atoms with E-state index in [1.807, 2.05) is 0 Å². The maximum Gasteiger partial charge on any atom is 0.404 e. The monoisotopic (exact) mass is 326 g/mol. The summed E-state index contributed by atoms with van der Waals surface area (Å²) in [6, 6.07) is 0.684. The van der Waals surface area contributed by atoms with Gasteiger partial charge in [0.05, 0.1) is 12.2 Å². The van der Waals surface area contributed by atoms with Gasteiger partial charge in [-0.15, -0.1) is 0 Å². The van der Waals surface area contributed by atoms with Gasteiger partial charge in [-0.3, -0.25) is 9.89 Å². The number of carbonyl (C=O) groups excluding carboxylic acids is 1. The second-order valence-electron chi connectivity index (χ2n) is 6.77. The van der Waals surface area contributed by atoms with Gasteiger partial charge in [-0.2, -0.15) is 5.10 Å². The van der Waals surface area contributed by atoms with Crippen LogP contribution in [0.1, 0.15) is 46.5 Å². The van der Waals surface area contributed by atoms with E-state index in [0.717, 1.165) is 19.3 Å². The van der Waals surface area contributed by atoms with Gasteiger partial charge < -0.3 is 20.8 Å². The van der Waals surface area contributed by atoms with Crippen LogP contribution < -0.4 is 10.6 Å². The Morgan fingerprint density at radius 3 is 2.57 bits per heavy atom. The average Bonchev–Trinajstić information content (AvgIpc) is 2.92. The number of hydrogen-bond acceptors (Lipinski definition) is 4. The number of nitrogens with zero attached hydrogens (tertiary/aromatic N) is 1. The Kier molecular flexibility index (Phi) is 7.02. The zero-order chi connectivity index (χ0) is 17.5. The van der Waals surface area contributed by atoms with Crippen LogP contribution in [0.4, 0.5) is 10.6 Å².